The topological polar surface area (TPSA) is 114 Å². The SMILES string of the molecule is CN1CNC(=O)c2ccc(Nc3cc4c(C(C)(N)C5CC5)nn(C)c4cn3)nc21. The van der Waals surface area contributed by atoms with Crippen molar-refractivity contribution in [2.24, 2.45) is 18.7 Å². The smallest absolute Gasteiger partial charge is 0.256 e. The largest absolute Gasteiger partial charge is 0.341 e. The minimum absolute atomic E-state index is 0.112. The standard InChI is InChI=1S/C20H24N8O/c1-20(21,11-4-5-11)17-13-8-16(22-9-14(13)28(3)26-17)24-15-7-6-12-18(25-15)27(2)10-23-19(12)29/h6-9,11H,4-5,10,21H2,1-3H3,(H,23,29)(H,22,24,25). The van der Waals surface area contributed by atoms with Gasteiger partial charge in [-0.2, -0.15) is 5.10 Å². The first kappa shape index (κ1) is 17.9. The quantitative estimate of drug-likeness (QED) is 0.620. The van der Waals surface area contributed by atoms with Crippen LogP contribution in [0.3, 0.4) is 0 Å². The molecule has 1 fully saturated rings. The summed E-state index contributed by atoms with van der Waals surface area (Å²) >= 11 is 0. The lowest BCUT2D eigenvalue weighted by Gasteiger charge is -2.26. The van der Waals surface area contributed by atoms with Gasteiger partial charge >= 0.3 is 0 Å². The van der Waals surface area contributed by atoms with E-state index in [2.05, 4.69) is 27.5 Å². The van der Waals surface area contributed by atoms with Crippen molar-refractivity contribution in [2.45, 2.75) is 25.3 Å². The third-order valence-electron chi connectivity index (χ3n) is 5.89. The molecule has 4 N–H and O–H groups in total. The molecule has 1 unspecified atom stereocenters. The number of nitrogens with one attached hydrogen (secondary N) is 2. The summed E-state index contributed by atoms with van der Waals surface area (Å²) < 4.78 is 1.83. The van der Waals surface area contributed by atoms with E-state index >= 15 is 0 Å². The lowest BCUT2D eigenvalue weighted by atomic mass is 9.91. The number of aromatic nitrogens is 4. The van der Waals surface area contributed by atoms with Crippen LogP contribution >= 0.6 is 0 Å². The summed E-state index contributed by atoms with van der Waals surface area (Å²) in [5.74, 6) is 2.28. The molecule has 150 valence electrons. The summed E-state index contributed by atoms with van der Waals surface area (Å²) in [4.78, 5) is 23.0. The summed E-state index contributed by atoms with van der Waals surface area (Å²) in [5, 5.41) is 11.8. The maximum Gasteiger partial charge on any atom is 0.256 e. The normalized spacial score (nSPS) is 18.3. The van der Waals surface area contributed by atoms with E-state index in [-0.39, 0.29) is 5.91 Å². The number of carbonyl (C=O) groups excluding carboxylic acids is 1. The lowest BCUT2D eigenvalue weighted by molar-refractivity contribution is 0.0948. The van der Waals surface area contributed by atoms with Gasteiger partial charge < -0.3 is 21.3 Å². The number of nitrogens with zero attached hydrogens (tertiary/aromatic N) is 5. The molecule has 3 aromatic rings. The third-order valence-corrected chi connectivity index (χ3v) is 5.89. The van der Waals surface area contributed by atoms with Crippen molar-refractivity contribution in [3.63, 3.8) is 0 Å². The zero-order chi connectivity index (χ0) is 20.3. The molecule has 0 aromatic carbocycles. The number of anilines is 3. The van der Waals surface area contributed by atoms with Crippen molar-refractivity contribution < 1.29 is 4.79 Å². The van der Waals surface area contributed by atoms with Gasteiger partial charge in [0.05, 0.1) is 35.2 Å². The van der Waals surface area contributed by atoms with Crippen LogP contribution in [0.5, 0.6) is 0 Å². The molecule has 3 aromatic heterocycles. The highest BCUT2D eigenvalue weighted by Crippen LogP contribution is 2.45. The average Bonchev–Trinajstić information content (AvgIpc) is 3.50. The van der Waals surface area contributed by atoms with Crippen molar-refractivity contribution in [3.05, 3.63) is 35.7 Å². The van der Waals surface area contributed by atoms with E-state index in [1.165, 1.54) is 0 Å². The maximum atomic E-state index is 12.0. The number of hydrogen-bond acceptors (Lipinski definition) is 7. The van der Waals surface area contributed by atoms with Crippen LogP contribution in [0.1, 0.15) is 35.8 Å². The van der Waals surface area contributed by atoms with Crippen LogP contribution in [0.2, 0.25) is 0 Å². The predicted molar refractivity (Wildman–Crippen MR) is 111 cm³/mol. The molecule has 2 aliphatic rings. The number of carbonyl (C=O) groups is 1. The van der Waals surface area contributed by atoms with Gasteiger partial charge in [0.2, 0.25) is 0 Å². The van der Waals surface area contributed by atoms with Crippen molar-refractivity contribution >= 4 is 34.3 Å². The van der Waals surface area contributed by atoms with Crippen LogP contribution in [0.4, 0.5) is 17.5 Å². The molecular weight excluding hydrogens is 368 g/mol. The van der Waals surface area contributed by atoms with Gasteiger partial charge in [-0.05, 0) is 43.9 Å². The molecule has 29 heavy (non-hydrogen) atoms. The van der Waals surface area contributed by atoms with E-state index < -0.39 is 5.54 Å². The van der Waals surface area contributed by atoms with Crippen molar-refractivity contribution in [3.8, 4) is 0 Å². The van der Waals surface area contributed by atoms with Gasteiger partial charge in [0.15, 0.2) is 0 Å². The molecule has 0 spiro atoms. The molecule has 5 rings (SSSR count). The Morgan fingerprint density at radius 3 is 2.83 bits per heavy atom. The summed E-state index contributed by atoms with van der Waals surface area (Å²) in [5.41, 5.74) is 8.60. The van der Waals surface area contributed by atoms with Gasteiger partial charge in [-0.3, -0.25) is 9.48 Å². The molecule has 1 saturated carbocycles. The van der Waals surface area contributed by atoms with Crippen LogP contribution in [-0.4, -0.2) is 39.4 Å². The second-order valence-corrected chi connectivity index (χ2v) is 8.17. The Bertz CT molecular complexity index is 1130. The van der Waals surface area contributed by atoms with Gasteiger partial charge in [0.25, 0.3) is 5.91 Å². The Kier molecular flexibility index (Phi) is 3.79. The van der Waals surface area contributed by atoms with Gasteiger partial charge in [-0.25, -0.2) is 9.97 Å². The van der Waals surface area contributed by atoms with Crippen LogP contribution in [0.25, 0.3) is 10.9 Å². The van der Waals surface area contributed by atoms with Crippen LogP contribution in [0, 0.1) is 5.92 Å². The zero-order valence-corrected chi connectivity index (χ0v) is 16.7. The number of rotatable bonds is 4. The fourth-order valence-electron chi connectivity index (χ4n) is 3.97. The molecule has 0 saturated heterocycles. The molecule has 1 aliphatic heterocycles. The fourth-order valence-corrected chi connectivity index (χ4v) is 3.97. The van der Waals surface area contributed by atoms with E-state index in [1.807, 2.05) is 29.7 Å². The Labute approximate surface area is 168 Å². The number of nitrogens with two attached hydrogens (primary N) is 1. The highest BCUT2D eigenvalue weighted by molar-refractivity contribution is 6.00. The monoisotopic (exact) mass is 392 g/mol. The number of pyridine rings is 2. The molecule has 0 bridgehead atoms. The Morgan fingerprint density at radius 1 is 1.28 bits per heavy atom. The minimum Gasteiger partial charge on any atom is -0.341 e. The van der Waals surface area contributed by atoms with Crippen LogP contribution < -0.4 is 21.3 Å². The highest BCUT2D eigenvalue weighted by atomic mass is 16.2. The third kappa shape index (κ3) is 2.89. The van der Waals surface area contributed by atoms with Crippen LogP contribution in [0.15, 0.2) is 24.4 Å². The first-order chi connectivity index (χ1) is 13.8. The Balaban J connectivity index is 1.52. The summed E-state index contributed by atoms with van der Waals surface area (Å²) in [6.07, 6.45) is 4.08. The van der Waals surface area contributed by atoms with Crippen molar-refractivity contribution in [1.29, 1.82) is 0 Å². The molecule has 9 heteroatoms. The summed E-state index contributed by atoms with van der Waals surface area (Å²) in [6.45, 7) is 2.49. The molecule has 9 nitrogen and oxygen atoms in total. The van der Waals surface area contributed by atoms with Crippen LogP contribution in [-0.2, 0) is 12.6 Å². The van der Waals surface area contributed by atoms with E-state index in [0.717, 1.165) is 29.4 Å². The number of hydrogen-bond donors (Lipinski definition) is 3. The number of amides is 1. The maximum absolute atomic E-state index is 12.0. The zero-order valence-electron chi connectivity index (χ0n) is 16.7. The molecule has 1 atom stereocenters. The molecular formula is C20H24N8O. The van der Waals surface area contributed by atoms with Crippen molar-refractivity contribution in [1.82, 2.24) is 25.1 Å². The predicted octanol–water partition coefficient (Wildman–Crippen LogP) is 1.83. The second kappa shape index (κ2) is 6.15. The Hall–Kier alpha value is -3.20. The first-order valence-electron chi connectivity index (χ1n) is 9.74. The highest BCUT2D eigenvalue weighted by Gasteiger charge is 2.42. The molecule has 4 heterocycles. The molecule has 0 radical (unpaired) electrons. The van der Waals surface area contributed by atoms with E-state index in [4.69, 9.17) is 10.8 Å². The van der Waals surface area contributed by atoms with E-state index in [9.17, 15) is 4.79 Å². The fraction of sp³-hybridized carbons (Fsp3) is 0.400. The molecule has 1 aliphatic carbocycles. The van der Waals surface area contributed by atoms with Gasteiger partial charge in [-0.1, -0.05) is 0 Å². The molecule has 1 amide bonds. The summed E-state index contributed by atoms with van der Waals surface area (Å²) in [7, 11) is 3.80. The minimum atomic E-state index is -0.460. The number of fused-ring (bicyclic) bond motifs is 2. The number of aryl methyl sites for hydroxylation is 1. The Morgan fingerprint density at radius 2 is 2.07 bits per heavy atom. The lowest BCUT2D eigenvalue weighted by Crippen LogP contribution is -2.41. The first-order valence-corrected chi connectivity index (χ1v) is 9.74. The van der Waals surface area contributed by atoms with Gasteiger partial charge in [0.1, 0.15) is 17.5 Å². The van der Waals surface area contributed by atoms with Gasteiger partial charge in [-0.15, -0.1) is 0 Å². The summed E-state index contributed by atoms with van der Waals surface area (Å²) in [6, 6.07) is 5.53. The van der Waals surface area contributed by atoms with Gasteiger partial charge in [0, 0.05) is 19.5 Å². The van der Waals surface area contributed by atoms with Crippen molar-refractivity contribution in [2.75, 3.05) is 23.9 Å². The second-order valence-electron chi connectivity index (χ2n) is 8.17. The average molecular weight is 392 g/mol. The van der Waals surface area contributed by atoms with E-state index in [1.54, 1.807) is 18.3 Å². The van der Waals surface area contributed by atoms with E-state index in [0.29, 0.717) is 35.6 Å².